The summed E-state index contributed by atoms with van der Waals surface area (Å²) in [6, 6.07) is 4.43. The minimum Gasteiger partial charge on any atom is -0.370 e. The molecule has 0 aromatic carbocycles. The average Bonchev–Trinajstić information content (AvgIpc) is 2.84. The Balaban J connectivity index is 1.70. The van der Waals surface area contributed by atoms with E-state index in [-0.39, 0.29) is 5.41 Å². The van der Waals surface area contributed by atoms with Crippen molar-refractivity contribution in [3.8, 4) is 0 Å². The van der Waals surface area contributed by atoms with Gasteiger partial charge < -0.3 is 4.90 Å². The molecule has 4 rings (SSSR count). The van der Waals surface area contributed by atoms with Gasteiger partial charge in [0.2, 0.25) is 0 Å². The standard InChI is InChI=1S/C19H24N4/c1-13-9-17(10-14(2)21-13)23-8-4-6-19(12-23)7-5-16-11-20-15(3)22-18(16)19/h9-11H,4-8,12H2,1-3H3. The number of pyridine rings is 1. The second-order valence-electron chi connectivity index (χ2n) is 7.20. The number of hydrogen-bond acceptors (Lipinski definition) is 4. The number of aromatic nitrogens is 3. The molecule has 1 aliphatic carbocycles. The summed E-state index contributed by atoms with van der Waals surface area (Å²) in [5.74, 6) is 0.901. The first-order chi connectivity index (χ1) is 11.1. The van der Waals surface area contributed by atoms with Gasteiger partial charge in [-0.25, -0.2) is 9.97 Å². The van der Waals surface area contributed by atoms with E-state index in [9.17, 15) is 0 Å². The van der Waals surface area contributed by atoms with Crippen LogP contribution < -0.4 is 4.90 Å². The van der Waals surface area contributed by atoms with Crippen LogP contribution in [0.25, 0.3) is 0 Å². The van der Waals surface area contributed by atoms with E-state index in [1.807, 2.05) is 13.1 Å². The van der Waals surface area contributed by atoms with Crippen LogP contribution in [0.3, 0.4) is 0 Å². The maximum Gasteiger partial charge on any atom is 0.125 e. The lowest BCUT2D eigenvalue weighted by atomic mass is 9.77. The molecule has 0 saturated carbocycles. The highest BCUT2D eigenvalue weighted by Crippen LogP contribution is 2.44. The van der Waals surface area contributed by atoms with Crippen LogP contribution in [0.4, 0.5) is 5.69 Å². The van der Waals surface area contributed by atoms with Gasteiger partial charge in [-0.05, 0) is 64.2 Å². The molecule has 1 spiro atoms. The molecule has 2 aliphatic rings. The number of aryl methyl sites for hydroxylation is 4. The van der Waals surface area contributed by atoms with Gasteiger partial charge in [-0.2, -0.15) is 0 Å². The van der Waals surface area contributed by atoms with E-state index >= 15 is 0 Å². The van der Waals surface area contributed by atoms with Crippen molar-refractivity contribution in [1.29, 1.82) is 0 Å². The quantitative estimate of drug-likeness (QED) is 0.811. The van der Waals surface area contributed by atoms with Gasteiger partial charge in [-0.15, -0.1) is 0 Å². The first kappa shape index (κ1) is 14.6. The van der Waals surface area contributed by atoms with Crippen LogP contribution in [0.5, 0.6) is 0 Å². The first-order valence-electron chi connectivity index (χ1n) is 8.59. The van der Waals surface area contributed by atoms with Crippen LogP contribution in [0.15, 0.2) is 18.3 Å². The third kappa shape index (κ3) is 2.50. The van der Waals surface area contributed by atoms with Gasteiger partial charge in [-0.3, -0.25) is 4.98 Å². The van der Waals surface area contributed by atoms with E-state index in [0.717, 1.165) is 36.7 Å². The summed E-state index contributed by atoms with van der Waals surface area (Å²) < 4.78 is 0. The molecule has 0 N–H and O–H groups in total. The fraction of sp³-hybridized carbons (Fsp3) is 0.526. The normalized spacial score (nSPS) is 23.3. The van der Waals surface area contributed by atoms with Crippen LogP contribution >= 0.6 is 0 Å². The van der Waals surface area contributed by atoms with Crippen molar-refractivity contribution in [3.05, 3.63) is 46.8 Å². The van der Waals surface area contributed by atoms with Crippen molar-refractivity contribution in [1.82, 2.24) is 15.0 Å². The second kappa shape index (κ2) is 5.29. The zero-order chi connectivity index (χ0) is 16.0. The lowest BCUT2D eigenvalue weighted by Crippen LogP contribution is -2.45. The minimum atomic E-state index is 0.215. The van der Waals surface area contributed by atoms with E-state index in [4.69, 9.17) is 4.98 Å². The molecule has 3 heterocycles. The maximum atomic E-state index is 4.84. The third-order valence-electron chi connectivity index (χ3n) is 5.37. The Kier molecular flexibility index (Phi) is 3.36. The number of nitrogens with zero attached hydrogens (tertiary/aromatic N) is 4. The lowest BCUT2D eigenvalue weighted by molar-refractivity contribution is 0.334. The molecule has 1 atom stereocenters. The minimum absolute atomic E-state index is 0.215. The van der Waals surface area contributed by atoms with Crippen LogP contribution in [-0.4, -0.2) is 28.0 Å². The maximum absolute atomic E-state index is 4.84. The van der Waals surface area contributed by atoms with Crippen LogP contribution in [-0.2, 0) is 11.8 Å². The molecule has 1 saturated heterocycles. The summed E-state index contributed by atoms with van der Waals surface area (Å²) >= 11 is 0. The van der Waals surface area contributed by atoms with Gasteiger partial charge >= 0.3 is 0 Å². The number of hydrogen-bond donors (Lipinski definition) is 0. The smallest absolute Gasteiger partial charge is 0.125 e. The van der Waals surface area contributed by atoms with E-state index in [1.54, 1.807) is 0 Å². The highest BCUT2D eigenvalue weighted by Gasteiger charge is 2.43. The monoisotopic (exact) mass is 308 g/mol. The summed E-state index contributed by atoms with van der Waals surface area (Å²) in [5, 5.41) is 0. The summed E-state index contributed by atoms with van der Waals surface area (Å²) in [5.41, 5.74) is 6.41. The Bertz CT molecular complexity index is 731. The Morgan fingerprint density at radius 3 is 2.61 bits per heavy atom. The Morgan fingerprint density at radius 1 is 1.04 bits per heavy atom. The third-order valence-corrected chi connectivity index (χ3v) is 5.37. The zero-order valence-corrected chi connectivity index (χ0v) is 14.3. The number of fused-ring (bicyclic) bond motifs is 2. The van der Waals surface area contributed by atoms with E-state index in [1.165, 1.54) is 36.2 Å². The molecule has 23 heavy (non-hydrogen) atoms. The molecule has 2 aromatic heterocycles. The molecule has 120 valence electrons. The largest absolute Gasteiger partial charge is 0.370 e. The molecule has 1 fully saturated rings. The SMILES string of the molecule is Cc1cc(N2CCCC3(CCc4cnc(C)nc43)C2)cc(C)n1. The average molecular weight is 308 g/mol. The first-order valence-corrected chi connectivity index (χ1v) is 8.59. The summed E-state index contributed by atoms with van der Waals surface area (Å²) in [7, 11) is 0. The van der Waals surface area contributed by atoms with Crippen LogP contribution in [0, 0.1) is 20.8 Å². The van der Waals surface area contributed by atoms with Crippen LogP contribution in [0.1, 0.15) is 47.7 Å². The molecule has 1 aliphatic heterocycles. The van der Waals surface area contributed by atoms with Crippen molar-refractivity contribution in [2.24, 2.45) is 0 Å². The summed E-state index contributed by atoms with van der Waals surface area (Å²) in [4.78, 5) is 16.3. The fourth-order valence-electron chi connectivity index (χ4n) is 4.37. The van der Waals surface area contributed by atoms with Crippen molar-refractivity contribution in [2.45, 2.75) is 51.9 Å². The molecular weight excluding hydrogens is 284 g/mol. The Labute approximate surface area is 138 Å². The molecular formula is C19H24N4. The van der Waals surface area contributed by atoms with Crippen molar-refractivity contribution >= 4 is 5.69 Å². The lowest BCUT2D eigenvalue weighted by Gasteiger charge is -2.42. The van der Waals surface area contributed by atoms with E-state index in [2.05, 4.69) is 40.8 Å². The molecule has 0 amide bonds. The second-order valence-corrected chi connectivity index (χ2v) is 7.20. The summed E-state index contributed by atoms with van der Waals surface area (Å²) in [6.07, 6.45) is 6.85. The van der Waals surface area contributed by atoms with Crippen LogP contribution in [0.2, 0.25) is 0 Å². The molecule has 4 heteroatoms. The van der Waals surface area contributed by atoms with Gasteiger partial charge in [0.05, 0.1) is 5.69 Å². The number of rotatable bonds is 1. The highest BCUT2D eigenvalue weighted by atomic mass is 15.2. The van der Waals surface area contributed by atoms with Crippen molar-refractivity contribution < 1.29 is 0 Å². The predicted molar refractivity (Wildman–Crippen MR) is 91.9 cm³/mol. The zero-order valence-electron chi connectivity index (χ0n) is 14.3. The molecule has 1 unspecified atom stereocenters. The van der Waals surface area contributed by atoms with Gasteiger partial charge in [0.1, 0.15) is 5.82 Å². The topological polar surface area (TPSA) is 41.9 Å². The number of anilines is 1. The number of piperidine rings is 1. The molecule has 0 radical (unpaired) electrons. The van der Waals surface area contributed by atoms with Gasteiger partial charge in [0.15, 0.2) is 0 Å². The van der Waals surface area contributed by atoms with Crippen molar-refractivity contribution in [3.63, 3.8) is 0 Å². The van der Waals surface area contributed by atoms with Gasteiger partial charge in [-0.1, -0.05) is 0 Å². The van der Waals surface area contributed by atoms with Gasteiger partial charge in [0.25, 0.3) is 0 Å². The molecule has 2 aromatic rings. The van der Waals surface area contributed by atoms with Gasteiger partial charge in [0, 0.05) is 41.8 Å². The van der Waals surface area contributed by atoms with E-state index < -0.39 is 0 Å². The van der Waals surface area contributed by atoms with Crippen molar-refractivity contribution in [2.75, 3.05) is 18.0 Å². The Hall–Kier alpha value is -1.97. The molecule has 0 bridgehead atoms. The summed E-state index contributed by atoms with van der Waals surface area (Å²) in [6.45, 7) is 8.36. The molecule has 4 nitrogen and oxygen atoms in total. The predicted octanol–water partition coefficient (Wildman–Crippen LogP) is 3.28. The highest BCUT2D eigenvalue weighted by molar-refractivity contribution is 5.50. The Morgan fingerprint density at radius 2 is 1.83 bits per heavy atom. The van der Waals surface area contributed by atoms with E-state index in [0.29, 0.717) is 0 Å². The fourth-order valence-corrected chi connectivity index (χ4v) is 4.37.